The number of phenolic OH excluding ortho intramolecular Hbond substituents is 1. The second-order valence-electron chi connectivity index (χ2n) is 8.71. The number of hydrogen-bond acceptors (Lipinski definition) is 5. The fourth-order valence-corrected chi connectivity index (χ4v) is 4.13. The van der Waals surface area contributed by atoms with E-state index in [1.165, 1.54) is 12.1 Å². The Kier molecular flexibility index (Phi) is 9.18. The lowest BCUT2D eigenvalue weighted by Crippen LogP contribution is -2.54. The first-order valence-corrected chi connectivity index (χ1v) is 13.2. The number of carbonyl (C=O) groups excluding carboxylic acids is 3. The molecular formula is C26H26F2N3O7P. The van der Waals surface area contributed by atoms with Crippen LogP contribution in [0.15, 0.2) is 78.9 Å². The van der Waals surface area contributed by atoms with E-state index < -0.39 is 48.6 Å². The molecule has 0 saturated heterocycles. The second-order valence-corrected chi connectivity index (χ2v) is 10.4. The Morgan fingerprint density at radius 3 is 1.85 bits per heavy atom. The summed E-state index contributed by atoms with van der Waals surface area (Å²) in [6.45, 7) is 0. The van der Waals surface area contributed by atoms with Crippen LogP contribution in [0.2, 0.25) is 0 Å². The van der Waals surface area contributed by atoms with E-state index in [9.17, 15) is 32.8 Å². The third-order valence-corrected chi connectivity index (χ3v) is 6.79. The van der Waals surface area contributed by atoms with Gasteiger partial charge in [0.15, 0.2) is 0 Å². The summed E-state index contributed by atoms with van der Waals surface area (Å²) in [6.07, 6.45) is -0.219. The first-order valence-electron chi connectivity index (χ1n) is 11.5. The lowest BCUT2D eigenvalue weighted by Gasteiger charge is -2.23. The van der Waals surface area contributed by atoms with Crippen molar-refractivity contribution < 1.29 is 42.6 Å². The molecular weight excluding hydrogens is 535 g/mol. The van der Waals surface area contributed by atoms with Crippen molar-refractivity contribution in [2.24, 2.45) is 5.73 Å². The Hall–Kier alpha value is -4.12. The molecule has 3 aromatic rings. The molecule has 10 nitrogen and oxygen atoms in total. The number of phenols is 1. The van der Waals surface area contributed by atoms with Crippen LogP contribution >= 0.6 is 7.60 Å². The van der Waals surface area contributed by atoms with Crippen LogP contribution in [-0.2, 0) is 32.7 Å². The quantitative estimate of drug-likeness (QED) is 0.194. The van der Waals surface area contributed by atoms with E-state index in [0.717, 1.165) is 24.3 Å². The minimum absolute atomic E-state index is 0.00231. The molecule has 0 saturated carbocycles. The maximum Gasteiger partial charge on any atom is 0.399 e. The zero-order chi connectivity index (χ0) is 28.8. The summed E-state index contributed by atoms with van der Waals surface area (Å²) in [4.78, 5) is 55.9. The second kappa shape index (κ2) is 12.2. The zero-order valence-electron chi connectivity index (χ0n) is 20.3. The number of halogens is 2. The molecule has 2 unspecified atom stereocenters. The van der Waals surface area contributed by atoms with Gasteiger partial charge in [-0.15, -0.1) is 0 Å². The average molecular weight is 561 g/mol. The molecule has 2 atom stereocenters. The van der Waals surface area contributed by atoms with Crippen molar-refractivity contribution in [1.82, 2.24) is 10.6 Å². The smallest absolute Gasteiger partial charge is 0.399 e. The SMILES string of the molecule is NC(=O)C(Cc1ccc(C(F)(F)P(=O)(O)O)cc1)NC(=O)C(Cc1ccc(O)cc1)NC(=O)c1ccccc1. The number of rotatable bonds is 11. The van der Waals surface area contributed by atoms with Crippen LogP contribution in [0, 0.1) is 0 Å². The van der Waals surface area contributed by atoms with E-state index in [1.54, 1.807) is 42.5 Å². The zero-order valence-corrected chi connectivity index (χ0v) is 21.2. The first kappa shape index (κ1) is 29.4. The van der Waals surface area contributed by atoms with Crippen molar-refractivity contribution in [3.63, 3.8) is 0 Å². The molecule has 0 spiro atoms. The van der Waals surface area contributed by atoms with Crippen LogP contribution < -0.4 is 16.4 Å². The molecule has 3 amide bonds. The van der Waals surface area contributed by atoms with Gasteiger partial charge in [-0.05, 0) is 35.4 Å². The van der Waals surface area contributed by atoms with Crippen LogP contribution in [-0.4, -0.2) is 44.7 Å². The topological polar surface area (TPSA) is 179 Å². The van der Waals surface area contributed by atoms with E-state index in [2.05, 4.69) is 10.6 Å². The Balaban J connectivity index is 1.79. The molecule has 0 aliphatic rings. The predicted molar refractivity (Wildman–Crippen MR) is 137 cm³/mol. The molecule has 13 heteroatoms. The third kappa shape index (κ3) is 7.70. The standard InChI is InChI=1S/C26H26F2N3O7P/c27-26(28,39(36,37)38)19-10-6-16(7-11-19)14-21(23(29)33)30-25(35)22(15-17-8-12-20(32)13-9-17)31-24(34)18-4-2-1-3-5-18/h1-13,21-22,32H,14-15H2,(H2,29,33)(H,30,35)(H,31,34)(H2,36,37,38). The van der Waals surface area contributed by atoms with Gasteiger partial charge in [0, 0.05) is 24.0 Å². The molecule has 0 aliphatic carbocycles. The van der Waals surface area contributed by atoms with E-state index >= 15 is 0 Å². The van der Waals surface area contributed by atoms with Crippen LogP contribution in [0.25, 0.3) is 0 Å². The van der Waals surface area contributed by atoms with Crippen molar-refractivity contribution in [3.8, 4) is 5.75 Å². The molecule has 0 aromatic heterocycles. The monoisotopic (exact) mass is 561 g/mol. The molecule has 0 aliphatic heterocycles. The van der Waals surface area contributed by atoms with Crippen LogP contribution in [0.3, 0.4) is 0 Å². The number of hydrogen-bond donors (Lipinski definition) is 6. The molecule has 7 N–H and O–H groups in total. The van der Waals surface area contributed by atoms with Gasteiger partial charge in [-0.1, -0.05) is 54.6 Å². The molecule has 0 bridgehead atoms. The average Bonchev–Trinajstić information content (AvgIpc) is 2.89. The van der Waals surface area contributed by atoms with Gasteiger partial charge in [-0.2, -0.15) is 8.78 Å². The third-order valence-electron chi connectivity index (χ3n) is 5.80. The van der Waals surface area contributed by atoms with Crippen molar-refractivity contribution in [2.75, 3.05) is 0 Å². The normalized spacial score (nSPS) is 13.2. The summed E-state index contributed by atoms with van der Waals surface area (Å²) in [5.74, 6) is -2.23. The van der Waals surface area contributed by atoms with Gasteiger partial charge in [0.25, 0.3) is 5.91 Å². The lowest BCUT2D eigenvalue weighted by molar-refractivity contribution is -0.128. The van der Waals surface area contributed by atoms with E-state index in [0.29, 0.717) is 11.1 Å². The predicted octanol–water partition coefficient (Wildman–Crippen LogP) is 2.17. The minimum Gasteiger partial charge on any atom is -0.508 e. The fourth-order valence-electron chi connectivity index (χ4n) is 3.65. The van der Waals surface area contributed by atoms with E-state index in [1.807, 2.05) is 0 Å². The molecule has 3 aromatic carbocycles. The van der Waals surface area contributed by atoms with Gasteiger partial charge in [0.1, 0.15) is 17.8 Å². The van der Waals surface area contributed by atoms with E-state index in [-0.39, 0.29) is 24.2 Å². The van der Waals surface area contributed by atoms with Gasteiger partial charge in [-0.3, -0.25) is 18.9 Å². The van der Waals surface area contributed by atoms with Crippen molar-refractivity contribution in [3.05, 3.63) is 101 Å². The molecule has 39 heavy (non-hydrogen) atoms. The maximum atomic E-state index is 13.9. The van der Waals surface area contributed by atoms with Gasteiger partial charge in [0.2, 0.25) is 11.8 Å². The van der Waals surface area contributed by atoms with Crippen molar-refractivity contribution in [1.29, 1.82) is 0 Å². The number of amides is 3. The molecule has 0 fully saturated rings. The summed E-state index contributed by atoms with van der Waals surface area (Å²) in [6, 6.07) is 15.5. The molecule has 0 heterocycles. The number of primary amides is 1. The van der Waals surface area contributed by atoms with Crippen LogP contribution in [0.1, 0.15) is 27.0 Å². The summed E-state index contributed by atoms with van der Waals surface area (Å²) < 4.78 is 39.0. The summed E-state index contributed by atoms with van der Waals surface area (Å²) in [5.41, 5.74) is 1.30. The fraction of sp³-hybridized carbons (Fsp3) is 0.192. The highest BCUT2D eigenvalue weighted by molar-refractivity contribution is 7.52. The maximum absolute atomic E-state index is 13.9. The summed E-state index contributed by atoms with van der Waals surface area (Å²) >= 11 is 0. The minimum atomic E-state index is -5.76. The number of nitrogens with one attached hydrogen (secondary N) is 2. The highest BCUT2D eigenvalue weighted by atomic mass is 31.2. The van der Waals surface area contributed by atoms with E-state index in [4.69, 9.17) is 15.5 Å². The van der Waals surface area contributed by atoms with Gasteiger partial charge >= 0.3 is 13.3 Å². The van der Waals surface area contributed by atoms with Crippen molar-refractivity contribution >= 4 is 25.3 Å². The Bertz CT molecular complexity index is 1360. The van der Waals surface area contributed by atoms with Gasteiger partial charge < -0.3 is 31.3 Å². The molecule has 3 rings (SSSR count). The molecule has 0 radical (unpaired) electrons. The number of aromatic hydroxyl groups is 1. The number of carbonyl (C=O) groups is 3. The van der Waals surface area contributed by atoms with Gasteiger partial charge in [-0.25, -0.2) is 0 Å². The lowest BCUT2D eigenvalue weighted by atomic mass is 10.0. The highest BCUT2D eigenvalue weighted by Crippen LogP contribution is 2.59. The number of alkyl halides is 2. The largest absolute Gasteiger partial charge is 0.508 e. The van der Waals surface area contributed by atoms with Gasteiger partial charge in [0.05, 0.1) is 0 Å². The number of nitrogens with two attached hydrogens (primary N) is 1. The Labute approximate surface area is 222 Å². The summed E-state index contributed by atoms with van der Waals surface area (Å²) in [7, 11) is -5.76. The molecule has 206 valence electrons. The van der Waals surface area contributed by atoms with Crippen LogP contribution in [0.5, 0.6) is 5.75 Å². The number of benzene rings is 3. The van der Waals surface area contributed by atoms with Crippen molar-refractivity contribution in [2.45, 2.75) is 30.6 Å². The highest BCUT2D eigenvalue weighted by Gasteiger charge is 2.50. The summed E-state index contributed by atoms with van der Waals surface area (Å²) in [5, 5.41) is 14.6. The van der Waals surface area contributed by atoms with Crippen LogP contribution in [0.4, 0.5) is 8.78 Å². The first-order chi connectivity index (χ1) is 18.3. The Morgan fingerprint density at radius 1 is 0.821 bits per heavy atom. The Morgan fingerprint density at radius 2 is 1.33 bits per heavy atom.